The van der Waals surface area contributed by atoms with Gasteiger partial charge >= 0.3 is 0 Å². The zero-order valence-electron chi connectivity index (χ0n) is 13.6. The lowest BCUT2D eigenvalue weighted by atomic mass is 10.1. The predicted molar refractivity (Wildman–Crippen MR) is 80.4 cm³/mol. The molecule has 2 fully saturated rings. The highest BCUT2D eigenvalue weighted by molar-refractivity contribution is 5.83. The Morgan fingerprint density at radius 3 is 2.67 bits per heavy atom. The molecule has 2 saturated heterocycles. The molecule has 2 amide bonds. The molecular formula is C16H28N2O3. The number of carbonyl (C=O) groups is 2. The van der Waals surface area contributed by atoms with Crippen LogP contribution in [0.3, 0.4) is 0 Å². The number of ether oxygens (including phenoxy) is 1. The fraction of sp³-hybridized carbons (Fsp3) is 0.875. The van der Waals surface area contributed by atoms with Crippen molar-refractivity contribution in [3.8, 4) is 0 Å². The highest BCUT2D eigenvalue weighted by atomic mass is 16.5. The number of hydrogen-bond donors (Lipinski definition) is 1. The molecule has 21 heavy (non-hydrogen) atoms. The maximum atomic E-state index is 12.4. The number of rotatable bonds is 5. The van der Waals surface area contributed by atoms with Crippen LogP contribution in [0.15, 0.2) is 0 Å². The molecule has 120 valence electrons. The minimum atomic E-state index is -0.386. The Morgan fingerprint density at radius 2 is 2.10 bits per heavy atom. The Kier molecular flexibility index (Phi) is 5.25. The van der Waals surface area contributed by atoms with E-state index in [1.54, 1.807) is 0 Å². The average Bonchev–Trinajstić information content (AvgIpc) is 3.01. The summed E-state index contributed by atoms with van der Waals surface area (Å²) in [5.41, 5.74) is 0. The summed E-state index contributed by atoms with van der Waals surface area (Å²) < 4.78 is 5.87. The first-order chi connectivity index (χ1) is 9.90. The predicted octanol–water partition coefficient (Wildman–Crippen LogP) is 1.91. The zero-order chi connectivity index (χ0) is 15.6. The van der Waals surface area contributed by atoms with Crippen LogP contribution in [-0.4, -0.2) is 41.6 Å². The number of amides is 2. The minimum absolute atomic E-state index is 0.00244. The van der Waals surface area contributed by atoms with Crippen LogP contribution in [0.5, 0.6) is 0 Å². The lowest BCUT2D eigenvalue weighted by Crippen LogP contribution is -2.47. The van der Waals surface area contributed by atoms with Crippen molar-refractivity contribution in [1.82, 2.24) is 10.2 Å². The van der Waals surface area contributed by atoms with Crippen LogP contribution in [0.25, 0.3) is 0 Å². The average molecular weight is 296 g/mol. The summed E-state index contributed by atoms with van der Waals surface area (Å²) in [6.45, 7) is 8.99. The van der Waals surface area contributed by atoms with Crippen molar-refractivity contribution in [3.05, 3.63) is 0 Å². The maximum absolute atomic E-state index is 12.4. The Balaban J connectivity index is 1.96. The molecule has 0 aromatic heterocycles. The molecule has 2 aliphatic rings. The van der Waals surface area contributed by atoms with Crippen LogP contribution >= 0.6 is 0 Å². The van der Waals surface area contributed by atoms with Gasteiger partial charge < -0.3 is 15.0 Å². The van der Waals surface area contributed by atoms with Gasteiger partial charge in [0.1, 0.15) is 6.10 Å². The fourth-order valence-electron chi connectivity index (χ4n) is 3.10. The van der Waals surface area contributed by atoms with Gasteiger partial charge in [-0.1, -0.05) is 27.7 Å². The second kappa shape index (κ2) is 6.77. The van der Waals surface area contributed by atoms with Gasteiger partial charge in [0.05, 0.1) is 6.04 Å². The smallest absolute Gasteiger partial charge is 0.251 e. The van der Waals surface area contributed by atoms with E-state index in [1.165, 1.54) is 0 Å². The molecule has 0 aromatic rings. The van der Waals surface area contributed by atoms with E-state index < -0.39 is 0 Å². The lowest BCUT2D eigenvalue weighted by Gasteiger charge is -2.29. The molecular weight excluding hydrogens is 268 g/mol. The van der Waals surface area contributed by atoms with Crippen molar-refractivity contribution < 1.29 is 14.3 Å². The molecule has 0 aromatic carbocycles. The van der Waals surface area contributed by atoms with E-state index in [2.05, 4.69) is 19.2 Å². The van der Waals surface area contributed by atoms with Gasteiger partial charge in [-0.3, -0.25) is 9.59 Å². The van der Waals surface area contributed by atoms with Crippen molar-refractivity contribution in [3.63, 3.8) is 0 Å². The number of nitrogens with zero attached hydrogens (tertiary/aromatic N) is 1. The Labute approximate surface area is 127 Å². The van der Waals surface area contributed by atoms with Crippen LogP contribution in [0.2, 0.25) is 0 Å². The second-order valence-corrected chi connectivity index (χ2v) is 6.96. The second-order valence-electron chi connectivity index (χ2n) is 6.96. The van der Waals surface area contributed by atoms with Crippen LogP contribution in [0, 0.1) is 11.8 Å². The third-order valence-corrected chi connectivity index (χ3v) is 4.35. The first-order valence-electron chi connectivity index (χ1n) is 8.15. The van der Waals surface area contributed by atoms with Crippen LogP contribution in [-0.2, 0) is 14.3 Å². The first kappa shape index (κ1) is 16.3. The van der Waals surface area contributed by atoms with Crippen molar-refractivity contribution in [2.45, 2.75) is 71.8 Å². The Bertz CT molecular complexity index is 395. The van der Waals surface area contributed by atoms with Crippen molar-refractivity contribution in [1.29, 1.82) is 0 Å². The molecule has 0 spiro atoms. The molecule has 3 unspecified atom stereocenters. The van der Waals surface area contributed by atoms with E-state index in [0.717, 1.165) is 25.8 Å². The zero-order valence-corrected chi connectivity index (χ0v) is 13.6. The number of hydrogen-bond acceptors (Lipinski definition) is 3. The van der Waals surface area contributed by atoms with Gasteiger partial charge in [0.2, 0.25) is 5.91 Å². The molecule has 0 saturated carbocycles. The first-order valence-corrected chi connectivity index (χ1v) is 8.15. The fourth-order valence-corrected chi connectivity index (χ4v) is 3.10. The summed E-state index contributed by atoms with van der Waals surface area (Å²) in [5, 5.41) is 2.92. The van der Waals surface area contributed by atoms with E-state index in [9.17, 15) is 9.59 Å². The molecule has 2 aliphatic heterocycles. The Morgan fingerprint density at radius 1 is 1.38 bits per heavy atom. The van der Waals surface area contributed by atoms with Gasteiger partial charge in [-0.2, -0.15) is 0 Å². The summed E-state index contributed by atoms with van der Waals surface area (Å²) in [4.78, 5) is 26.2. The van der Waals surface area contributed by atoms with Crippen molar-refractivity contribution in [2.75, 3.05) is 6.54 Å². The highest BCUT2D eigenvalue weighted by Gasteiger charge is 2.43. The topological polar surface area (TPSA) is 58.6 Å². The van der Waals surface area contributed by atoms with Gasteiger partial charge in [0.15, 0.2) is 6.23 Å². The number of likely N-dealkylation sites (tertiary alicyclic amines) is 1. The van der Waals surface area contributed by atoms with Gasteiger partial charge in [0.25, 0.3) is 5.91 Å². The molecule has 3 atom stereocenters. The van der Waals surface area contributed by atoms with Crippen LogP contribution < -0.4 is 5.32 Å². The number of nitrogens with one attached hydrogen (secondary N) is 1. The standard InChI is InChI=1S/C16H28N2O3/c1-10(2)7-8-13(19)18-9-5-6-12(18)16-17-15(20)14(21-16)11(3)4/h10-12,14,16H,5-9H2,1-4H3,(H,17,20). The van der Waals surface area contributed by atoms with Crippen LogP contribution in [0.4, 0.5) is 0 Å². The van der Waals surface area contributed by atoms with Gasteiger partial charge in [-0.25, -0.2) is 0 Å². The summed E-state index contributed by atoms with van der Waals surface area (Å²) in [5.74, 6) is 0.831. The number of carbonyl (C=O) groups excluding carboxylic acids is 2. The van der Waals surface area contributed by atoms with E-state index in [4.69, 9.17) is 4.74 Å². The monoisotopic (exact) mass is 296 g/mol. The van der Waals surface area contributed by atoms with Gasteiger partial charge in [0, 0.05) is 13.0 Å². The van der Waals surface area contributed by atoms with Gasteiger partial charge in [-0.15, -0.1) is 0 Å². The van der Waals surface area contributed by atoms with E-state index in [-0.39, 0.29) is 36.1 Å². The summed E-state index contributed by atoms with van der Waals surface area (Å²) in [6.07, 6.45) is 2.67. The van der Waals surface area contributed by atoms with Crippen molar-refractivity contribution in [2.24, 2.45) is 11.8 Å². The Hall–Kier alpha value is -1.10. The largest absolute Gasteiger partial charge is 0.343 e. The molecule has 0 aliphatic carbocycles. The minimum Gasteiger partial charge on any atom is -0.343 e. The summed E-state index contributed by atoms with van der Waals surface area (Å²) in [7, 11) is 0. The molecule has 2 rings (SSSR count). The lowest BCUT2D eigenvalue weighted by molar-refractivity contribution is -0.135. The third-order valence-electron chi connectivity index (χ3n) is 4.35. The van der Waals surface area contributed by atoms with Crippen LogP contribution in [0.1, 0.15) is 53.4 Å². The SMILES string of the molecule is CC(C)CCC(=O)N1CCCC1C1NC(=O)C(C(C)C)O1. The quantitative estimate of drug-likeness (QED) is 0.843. The molecule has 0 radical (unpaired) electrons. The van der Waals surface area contributed by atoms with Gasteiger partial charge in [-0.05, 0) is 31.1 Å². The molecule has 5 nitrogen and oxygen atoms in total. The highest BCUT2D eigenvalue weighted by Crippen LogP contribution is 2.27. The summed E-state index contributed by atoms with van der Waals surface area (Å²) in [6, 6.07) is -0.00244. The van der Waals surface area contributed by atoms with E-state index in [0.29, 0.717) is 12.3 Å². The molecule has 0 bridgehead atoms. The van der Waals surface area contributed by atoms with E-state index >= 15 is 0 Å². The maximum Gasteiger partial charge on any atom is 0.251 e. The normalized spacial score (nSPS) is 29.5. The molecule has 5 heteroatoms. The van der Waals surface area contributed by atoms with Crippen molar-refractivity contribution >= 4 is 11.8 Å². The summed E-state index contributed by atoms with van der Waals surface area (Å²) >= 11 is 0. The molecule has 2 heterocycles. The third kappa shape index (κ3) is 3.76. The molecule has 1 N–H and O–H groups in total. The van der Waals surface area contributed by atoms with E-state index in [1.807, 2.05) is 18.7 Å².